The number of nitrogens with zero attached hydrogens (tertiary/aromatic N) is 1. The summed E-state index contributed by atoms with van der Waals surface area (Å²) in [7, 11) is 0. The first kappa shape index (κ1) is 25.5. The highest BCUT2D eigenvalue weighted by molar-refractivity contribution is 8.27. The number of rotatable bonds is 8. The highest BCUT2D eigenvalue weighted by Crippen LogP contribution is 2.36. The molecule has 0 aliphatic carbocycles. The maximum Gasteiger partial charge on any atom is 0.270 e. The van der Waals surface area contributed by atoms with Crippen molar-refractivity contribution < 1.29 is 19.1 Å². The summed E-state index contributed by atoms with van der Waals surface area (Å²) in [6, 6.07) is 20.3. The molecule has 1 aliphatic heterocycles. The number of hydrogen-bond acceptors (Lipinski definition) is 6. The average Bonchev–Trinajstić information content (AvgIpc) is 3.14. The van der Waals surface area contributed by atoms with Crippen LogP contribution in [-0.4, -0.2) is 29.3 Å². The van der Waals surface area contributed by atoms with E-state index in [1.54, 1.807) is 18.2 Å². The van der Waals surface area contributed by atoms with Crippen LogP contribution >= 0.6 is 24.0 Å². The van der Waals surface area contributed by atoms with E-state index in [-0.39, 0.29) is 18.4 Å². The van der Waals surface area contributed by atoms with Crippen molar-refractivity contribution in [1.29, 1.82) is 0 Å². The van der Waals surface area contributed by atoms with Gasteiger partial charge in [-0.1, -0.05) is 48.2 Å². The van der Waals surface area contributed by atoms with E-state index in [2.05, 4.69) is 5.32 Å². The van der Waals surface area contributed by atoms with Crippen molar-refractivity contribution in [2.45, 2.75) is 20.8 Å². The molecule has 0 bridgehead atoms. The van der Waals surface area contributed by atoms with E-state index in [0.29, 0.717) is 27.3 Å². The second kappa shape index (κ2) is 11.4. The molecule has 3 aromatic carbocycles. The van der Waals surface area contributed by atoms with Gasteiger partial charge in [0, 0.05) is 5.69 Å². The lowest BCUT2D eigenvalue weighted by atomic mass is 10.1. The molecule has 0 atom stereocenters. The Bertz CT molecular complexity index is 1340. The maximum atomic E-state index is 13.1. The summed E-state index contributed by atoms with van der Waals surface area (Å²) in [6.07, 6.45) is 1.77. The van der Waals surface area contributed by atoms with E-state index >= 15 is 0 Å². The number of aryl methyl sites for hydroxylation is 1. The molecule has 0 aromatic heterocycles. The molecular formula is C28H26N2O4S2. The summed E-state index contributed by atoms with van der Waals surface area (Å²) < 4.78 is 11.6. The first-order chi connectivity index (χ1) is 17.4. The van der Waals surface area contributed by atoms with Crippen molar-refractivity contribution in [2.24, 2.45) is 0 Å². The number of benzene rings is 3. The standard InChI is InChI=1S/C28H26N2O4S2/c1-4-33-22-13-11-21(12-14-22)30-27(32)25(36-28(30)35)16-20-8-6-9-23(15-20)34-17-26(31)29-24-10-5-7-18(2)19(24)3/h5-16H,4,17H2,1-3H3,(H,29,31)/b25-16-. The first-order valence-corrected chi connectivity index (χ1v) is 12.7. The highest BCUT2D eigenvalue weighted by Gasteiger charge is 2.33. The molecule has 36 heavy (non-hydrogen) atoms. The van der Waals surface area contributed by atoms with Crippen molar-refractivity contribution in [3.8, 4) is 11.5 Å². The van der Waals surface area contributed by atoms with Crippen LogP contribution in [0.25, 0.3) is 6.08 Å². The third kappa shape index (κ3) is 5.95. The van der Waals surface area contributed by atoms with Gasteiger partial charge in [-0.25, -0.2) is 0 Å². The SMILES string of the molecule is CCOc1ccc(N2C(=O)/C(=C/c3cccc(OCC(=O)Nc4cccc(C)c4C)c3)SC2=S)cc1. The second-order valence-electron chi connectivity index (χ2n) is 8.10. The zero-order valence-electron chi connectivity index (χ0n) is 20.2. The number of carbonyl (C=O) groups is 2. The molecule has 0 spiro atoms. The van der Waals surface area contributed by atoms with Gasteiger partial charge in [-0.15, -0.1) is 0 Å². The summed E-state index contributed by atoms with van der Waals surface area (Å²) in [6.45, 7) is 6.33. The number of thioether (sulfide) groups is 1. The first-order valence-electron chi connectivity index (χ1n) is 11.5. The van der Waals surface area contributed by atoms with E-state index in [1.165, 1.54) is 16.7 Å². The van der Waals surface area contributed by atoms with Crippen LogP contribution in [0.1, 0.15) is 23.6 Å². The third-order valence-electron chi connectivity index (χ3n) is 5.60. The van der Waals surface area contributed by atoms with Crippen molar-refractivity contribution >= 4 is 57.6 Å². The molecule has 3 aromatic rings. The van der Waals surface area contributed by atoms with Crippen LogP contribution < -0.4 is 19.7 Å². The van der Waals surface area contributed by atoms with Gasteiger partial charge in [-0.3, -0.25) is 14.5 Å². The van der Waals surface area contributed by atoms with E-state index in [1.807, 2.05) is 75.4 Å². The molecule has 4 rings (SSSR count). The quantitative estimate of drug-likeness (QED) is 0.286. The van der Waals surface area contributed by atoms with Crippen molar-refractivity contribution in [3.63, 3.8) is 0 Å². The van der Waals surface area contributed by atoms with Gasteiger partial charge >= 0.3 is 0 Å². The monoisotopic (exact) mass is 518 g/mol. The Morgan fingerprint density at radius 3 is 2.53 bits per heavy atom. The summed E-state index contributed by atoms with van der Waals surface area (Å²) >= 11 is 6.72. The molecule has 0 radical (unpaired) electrons. The van der Waals surface area contributed by atoms with Gasteiger partial charge in [-0.05, 0) is 86.0 Å². The lowest BCUT2D eigenvalue weighted by Crippen LogP contribution is -2.27. The molecule has 0 saturated carbocycles. The molecule has 2 amide bonds. The molecular weight excluding hydrogens is 492 g/mol. The van der Waals surface area contributed by atoms with Crippen LogP contribution in [0.15, 0.2) is 71.6 Å². The van der Waals surface area contributed by atoms with Crippen LogP contribution in [0.4, 0.5) is 11.4 Å². The average molecular weight is 519 g/mol. The fourth-order valence-electron chi connectivity index (χ4n) is 3.62. The molecule has 0 unspecified atom stereocenters. The largest absolute Gasteiger partial charge is 0.494 e. The van der Waals surface area contributed by atoms with Crippen molar-refractivity contribution in [3.05, 3.63) is 88.3 Å². The molecule has 1 heterocycles. The Hall–Kier alpha value is -3.62. The number of thiocarbonyl (C=S) groups is 1. The van der Waals surface area contributed by atoms with Gasteiger partial charge in [0.05, 0.1) is 17.2 Å². The normalized spacial score (nSPS) is 14.3. The zero-order valence-corrected chi connectivity index (χ0v) is 21.9. The Balaban J connectivity index is 1.41. The number of hydrogen-bond donors (Lipinski definition) is 1. The van der Waals surface area contributed by atoms with Crippen LogP contribution in [0, 0.1) is 13.8 Å². The van der Waals surface area contributed by atoms with Gasteiger partial charge in [0.1, 0.15) is 11.5 Å². The van der Waals surface area contributed by atoms with Gasteiger partial charge < -0.3 is 14.8 Å². The minimum absolute atomic E-state index is 0.128. The van der Waals surface area contributed by atoms with E-state index in [4.69, 9.17) is 21.7 Å². The smallest absolute Gasteiger partial charge is 0.270 e. The molecule has 1 aliphatic rings. The van der Waals surface area contributed by atoms with Crippen LogP contribution in [0.3, 0.4) is 0 Å². The third-order valence-corrected chi connectivity index (χ3v) is 6.91. The molecule has 6 nitrogen and oxygen atoms in total. The van der Waals surface area contributed by atoms with Crippen LogP contribution in [0.5, 0.6) is 11.5 Å². The molecule has 184 valence electrons. The summed E-state index contributed by atoms with van der Waals surface area (Å²) in [5.41, 5.74) is 4.36. The molecule has 1 fully saturated rings. The number of anilines is 2. The summed E-state index contributed by atoms with van der Waals surface area (Å²) in [5, 5.41) is 2.88. The summed E-state index contributed by atoms with van der Waals surface area (Å²) in [5.74, 6) is 0.835. The van der Waals surface area contributed by atoms with Gasteiger partial charge in [0.2, 0.25) is 0 Å². The Kier molecular flexibility index (Phi) is 8.07. The lowest BCUT2D eigenvalue weighted by molar-refractivity contribution is -0.118. The van der Waals surface area contributed by atoms with Crippen molar-refractivity contribution in [2.75, 3.05) is 23.4 Å². The Morgan fingerprint density at radius 1 is 1.03 bits per heavy atom. The predicted molar refractivity (Wildman–Crippen MR) is 150 cm³/mol. The van der Waals surface area contributed by atoms with E-state index in [9.17, 15) is 9.59 Å². The van der Waals surface area contributed by atoms with Gasteiger partial charge in [0.25, 0.3) is 11.8 Å². The van der Waals surface area contributed by atoms with E-state index in [0.717, 1.165) is 28.1 Å². The summed E-state index contributed by atoms with van der Waals surface area (Å²) in [4.78, 5) is 27.5. The Labute approximate surface area is 220 Å². The minimum Gasteiger partial charge on any atom is -0.494 e. The fraction of sp³-hybridized carbons (Fsp3) is 0.179. The zero-order chi connectivity index (χ0) is 25.7. The topological polar surface area (TPSA) is 67.9 Å². The minimum atomic E-state index is -0.245. The van der Waals surface area contributed by atoms with Crippen LogP contribution in [0.2, 0.25) is 0 Å². The predicted octanol–water partition coefficient (Wildman–Crippen LogP) is 6.13. The second-order valence-corrected chi connectivity index (χ2v) is 9.78. The fourth-order valence-corrected chi connectivity index (χ4v) is 4.91. The Morgan fingerprint density at radius 2 is 1.78 bits per heavy atom. The lowest BCUT2D eigenvalue weighted by Gasteiger charge is -2.15. The number of nitrogens with one attached hydrogen (secondary N) is 1. The number of ether oxygens (including phenoxy) is 2. The molecule has 1 saturated heterocycles. The van der Waals surface area contributed by atoms with Gasteiger partial charge in [-0.2, -0.15) is 0 Å². The maximum absolute atomic E-state index is 13.1. The molecule has 1 N–H and O–H groups in total. The van der Waals surface area contributed by atoms with E-state index < -0.39 is 0 Å². The van der Waals surface area contributed by atoms with Crippen LogP contribution in [-0.2, 0) is 9.59 Å². The number of amides is 2. The number of carbonyl (C=O) groups excluding carboxylic acids is 2. The highest BCUT2D eigenvalue weighted by atomic mass is 32.2. The van der Waals surface area contributed by atoms with Crippen molar-refractivity contribution in [1.82, 2.24) is 0 Å². The van der Waals surface area contributed by atoms with Gasteiger partial charge in [0.15, 0.2) is 10.9 Å². The molecule has 8 heteroatoms.